The highest BCUT2D eigenvalue weighted by molar-refractivity contribution is 4.88. The minimum atomic E-state index is -0.370. The van der Waals surface area contributed by atoms with E-state index in [1.807, 2.05) is 0 Å². The van der Waals surface area contributed by atoms with E-state index in [1.165, 1.54) is 4.57 Å². The van der Waals surface area contributed by atoms with E-state index in [4.69, 9.17) is 9.47 Å². The second-order valence-corrected chi connectivity index (χ2v) is 5.35. The highest BCUT2D eigenvalue weighted by Gasteiger charge is 2.36. The maximum atomic E-state index is 11.8. The van der Waals surface area contributed by atoms with Crippen LogP contribution in [0, 0.1) is 5.92 Å². The predicted molar refractivity (Wildman–Crippen MR) is 67.2 cm³/mol. The fourth-order valence-corrected chi connectivity index (χ4v) is 2.74. The summed E-state index contributed by atoms with van der Waals surface area (Å²) in [6, 6.07) is -0.121. The molecule has 7 heteroatoms. The molecule has 7 nitrogen and oxygen atoms in total. The van der Waals surface area contributed by atoms with Gasteiger partial charge in [0.15, 0.2) is 0 Å². The minimum Gasteiger partial charge on any atom is -0.373 e. The fraction of sp³-hybridized carbons (Fsp3) is 0.833. The van der Waals surface area contributed by atoms with Crippen LogP contribution in [-0.2, 0) is 9.47 Å². The SMILES string of the molecule is CCC(CC1CO1)C(CC1CO1)n1c(=O)[nH][nH]c1=O. The maximum Gasteiger partial charge on any atom is 0.344 e. The predicted octanol–water partition coefficient (Wildman–Crippen LogP) is 0.00980. The van der Waals surface area contributed by atoms with Crippen molar-refractivity contribution in [3.8, 4) is 0 Å². The Morgan fingerprint density at radius 2 is 1.68 bits per heavy atom. The van der Waals surface area contributed by atoms with Crippen LogP contribution in [0.4, 0.5) is 0 Å². The van der Waals surface area contributed by atoms with Crippen molar-refractivity contribution in [3.63, 3.8) is 0 Å². The highest BCUT2D eigenvalue weighted by atomic mass is 16.6. The summed E-state index contributed by atoms with van der Waals surface area (Å²) in [4.78, 5) is 23.6. The van der Waals surface area contributed by atoms with E-state index in [0.29, 0.717) is 12.5 Å². The molecule has 2 saturated heterocycles. The van der Waals surface area contributed by atoms with Crippen molar-refractivity contribution in [1.29, 1.82) is 0 Å². The van der Waals surface area contributed by atoms with Crippen LogP contribution in [0.15, 0.2) is 9.59 Å². The van der Waals surface area contributed by atoms with Crippen molar-refractivity contribution in [2.24, 2.45) is 5.92 Å². The van der Waals surface area contributed by atoms with E-state index in [2.05, 4.69) is 17.1 Å². The summed E-state index contributed by atoms with van der Waals surface area (Å²) in [5, 5.41) is 4.71. The maximum absolute atomic E-state index is 11.8. The second-order valence-electron chi connectivity index (χ2n) is 5.35. The summed E-state index contributed by atoms with van der Waals surface area (Å²) in [7, 11) is 0. The number of nitrogens with one attached hydrogen (secondary N) is 2. The van der Waals surface area contributed by atoms with Gasteiger partial charge in [-0.15, -0.1) is 0 Å². The molecule has 2 fully saturated rings. The van der Waals surface area contributed by atoms with E-state index >= 15 is 0 Å². The number of nitrogens with zero attached hydrogens (tertiary/aromatic N) is 1. The molecule has 0 radical (unpaired) electrons. The number of epoxide rings is 2. The molecular formula is C12H19N3O4. The van der Waals surface area contributed by atoms with Crippen LogP contribution < -0.4 is 11.4 Å². The van der Waals surface area contributed by atoms with Gasteiger partial charge < -0.3 is 9.47 Å². The van der Waals surface area contributed by atoms with E-state index in [0.717, 1.165) is 26.1 Å². The van der Waals surface area contributed by atoms with Crippen LogP contribution in [0.1, 0.15) is 32.2 Å². The van der Waals surface area contributed by atoms with Crippen LogP contribution in [0.5, 0.6) is 0 Å². The van der Waals surface area contributed by atoms with Crippen molar-refractivity contribution >= 4 is 0 Å². The molecule has 3 heterocycles. The quantitative estimate of drug-likeness (QED) is 0.681. The van der Waals surface area contributed by atoms with Crippen LogP contribution in [0.25, 0.3) is 0 Å². The molecule has 0 saturated carbocycles. The molecule has 0 amide bonds. The Morgan fingerprint density at radius 3 is 2.16 bits per heavy atom. The molecule has 19 heavy (non-hydrogen) atoms. The highest BCUT2D eigenvalue weighted by Crippen LogP contribution is 2.34. The molecule has 0 spiro atoms. The molecule has 2 aliphatic heterocycles. The molecule has 3 rings (SSSR count). The van der Waals surface area contributed by atoms with E-state index in [9.17, 15) is 9.59 Å². The molecule has 1 aromatic rings. The van der Waals surface area contributed by atoms with Gasteiger partial charge in [0, 0.05) is 6.04 Å². The first-order chi connectivity index (χ1) is 9.19. The number of H-pyrrole nitrogens is 2. The number of aromatic amines is 2. The summed E-state index contributed by atoms with van der Waals surface area (Å²) >= 11 is 0. The Kier molecular flexibility index (Phi) is 3.32. The largest absolute Gasteiger partial charge is 0.373 e. The summed E-state index contributed by atoms with van der Waals surface area (Å²) in [5.74, 6) is 0.256. The van der Waals surface area contributed by atoms with E-state index < -0.39 is 0 Å². The molecule has 0 bridgehead atoms. The average Bonchev–Trinajstić information content (AvgIpc) is 3.28. The molecule has 0 aromatic carbocycles. The first-order valence-corrected chi connectivity index (χ1v) is 6.81. The van der Waals surface area contributed by atoms with Crippen LogP contribution in [-0.4, -0.2) is 40.2 Å². The zero-order valence-corrected chi connectivity index (χ0v) is 10.9. The van der Waals surface area contributed by atoms with Gasteiger partial charge in [-0.1, -0.05) is 13.3 Å². The van der Waals surface area contributed by atoms with E-state index in [-0.39, 0.29) is 29.4 Å². The number of rotatable bonds is 7. The lowest BCUT2D eigenvalue weighted by atomic mass is 9.89. The molecule has 106 valence electrons. The average molecular weight is 269 g/mol. The number of ether oxygens (including phenoxy) is 2. The van der Waals surface area contributed by atoms with Crippen molar-refractivity contribution in [2.75, 3.05) is 13.2 Å². The lowest BCUT2D eigenvalue weighted by Crippen LogP contribution is -2.36. The van der Waals surface area contributed by atoms with E-state index in [1.54, 1.807) is 0 Å². The Morgan fingerprint density at radius 1 is 1.16 bits per heavy atom. The van der Waals surface area contributed by atoms with Gasteiger partial charge in [0.1, 0.15) is 0 Å². The fourth-order valence-electron chi connectivity index (χ4n) is 2.74. The normalized spacial score (nSPS) is 28.1. The third kappa shape index (κ3) is 2.82. The first kappa shape index (κ1) is 12.7. The second kappa shape index (κ2) is 4.97. The summed E-state index contributed by atoms with van der Waals surface area (Å²) in [6.45, 7) is 3.60. The topological polar surface area (TPSA) is 95.7 Å². The van der Waals surface area contributed by atoms with Crippen LogP contribution in [0.2, 0.25) is 0 Å². The number of hydrogen-bond acceptors (Lipinski definition) is 4. The van der Waals surface area contributed by atoms with Gasteiger partial charge in [-0.25, -0.2) is 24.4 Å². The Labute approximate surface area is 109 Å². The van der Waals surface area contributed by atoms with Gasteiger partial charge in [-0.2, -0.15) is 0 Å². The monoisotopic (exact) mass is 269 g/mol. The summed E-state index contributed by atoms with van der Waals surface area (Å²) < 4.78 is 11.8. The third-order valence-corrected chi connectivity index (χ3v) is 3.99. The zero-order valence-electron chi connectivity index (χ0n) is 10.9. The summed E-state index contributed by atoms with van der Waals surface area (Å²) in [5.41, 5.74) is -0.739. The van der Waals surface area contributed by atoms with Crippen molar-refractivity contribution < 1.29 is 9.47 Å². The van der Waals surface area contributed by atoms with Gasteiger partial charge in [-0.3, -0.25) is 0 Å². The van der Waals surface area contributed by atoms with Crippen molar-refractivity contribution in [1.82, 2.24) is 14.8 Å². The molecule has 4 atom stereocenters. The number of aromatic nitrogens is 3. The Hall–Kier alpha value is -1.34. The summed E-state index contributed by atoms with van der Waals surface area (Å²) in [6.07, 6.45) is 2.99. The Bertz CT molecular complexity index is 510. The Balaban J connectivity index is 1.86. The molecule has 2 N–H and O–H groups in total. The minimum absolute atomic E-state index is 0.121. The molecule has 1 aromatic heterocycles. The van der Waals surface area contributed by atoms with Gasteiger partial charge in [0.2, 0.25) is 0 Å². The lowest BCUT2D eigenvalue weighted by Gasteiger charge is -2.25. The van der Waals surface area contributed by atoms with Crippen LogP contribution in [0.3, 0.4) is 0 Å². The number of hydrogen-bond donors (Lipinski definition) is 2. The van der Waals surface area contributed by atoms with Gasteiger partial charge in [0.25, 0.3) is 0 Å². The molecule has 4 unspecified atom stereocenters. The van der Waals surface area contributed by atoms with Crippen LogP contribution >= 0.6 is 0 Å². The van der Waals surface area contributed by atoms with Gasteiger partial charge >= 0.3 is 11.4 Å². The van der Waals surface area contributed by atoms with Gasteiger partial charge in [0.05, 0.1) is 25.4 Å². The standard InChI is InChI=1S/C12H19N3O4/c1-2-7(3-8-5-18-8)10(4-9-6-19-9)15-11(16)13-14-12(15)17/h7-10H,2-6H2,1H3,(H,13,16)(H,14,17). The van der Waals surface area contributed by atoms with Gasteiger partial charge in [-0.05, 0) is 18.8 Å². The molecule has 0 aliphatic carbocycles. The third-order valence-electron chi connectivity index (χ3n) is 3.99. The zero-order chi connectivity index (χ0) is 13.4. The van der Waals surface area contributed by atoms with Crippen molar-refractivity contribution in [3.05, 3.63) is 21.0 Å². The molecule has 2 aliphatic rings. The lowest BCUT2D eigenvalue weighted by molar-refractivity contribution is 0.229. The molecular weight excluding hydrogens is 250 g/mol. The first-order valence-electron chi connectivity index (χ1n) is 6.81. The van der Waals surface area contributed by atoms with Crippen molar-refractivity contribution in [2.45, 2.75) is 44.4 Å². The smallest absolute Gasteiger partial charge is 0.344 e.